The molecule has 3 amide bonds. The molecule has 0 aliphatic carbocycles. The van der Waals surface area contributed by atoms with Crippen LogP contribution in [0, 0.1) is 5.92 Å². The van der Waals surface area contributed by atoms with Crippen LogP contribution >= 0.6 is 0 Å². The van der Waals surface area contributed by atoms with Gasteiger partial charge in [0.05, 0.1) is 18.8 Å². The van der Waals surface area contributed by atoms with Crippen LogP contribution in [0.5, 0.6) is 5.75 Å². The maximum atomic E-state index is 13.2. The highest BCUT2D eigenvalue weighted by Crippen LogP contribution is 2.13. The summed E-state index contributed by atoms with van der Waals surface area (Å²) in [7, 11) is 0. The first-order valence-electron chi connectivity index (χ1n) is 12.3. The Labute approximate surface area is 224 Å². The number of amides is 3. The number of hydrogen-bond donors (Lipinski definition) is 8. The van der Waals surface area contributed by atoms with Crippen LogP contribution in [-0.4, -0.2) is 79.1 Å². The molecule has 39 heavy (non-hydrogen) atoms. The molecule has 1 aromatic carbocycles. The first-order chi connectivity index (χ1) is 18.4. The number of imidazole rings is 1. The van der Waals surface area contributed by atoms with Gasteiger partial charge in [-0.05, 0) is 30.0 Å². The second kappa shape index (κ2) is 14.5. The lowest BCUT2D eigenvalue weighted by atomic mass is 9.96. The average molecular weight is 547 g/mol. The van der Waals surface area contributed by atoms with E-state index in [9.17, 15) is 39.3 Å². The normalized spacial score (nSPS) is 14.7. The maximum Gasteiger partial charge on any atom is 0.326 e. The van der Waals surface area contributed by atoms with Crippen molar-refractivity contribution in [2.75, 3.05) is 0 Å². The number of carbonyl (C=O) groups is 5. The molecule has 1 aromatic heterocycles. The van der Waals surface area contributed by atoms with Crippen molar-refractivity contribution in [2.45, 2.75) is 63.7 Å². The standard InChI is InChI=1S/C25H34N6O8/c1-3-13(2)21(31-22(35)17(26)8-14-4-6-16(32)7-5-14)24(37)29-18(10-20(33)34)23(36)30-19(25(38)39)9-15-11-27-12-28-15/h4-7,11-13,17-19,21,32H,3,8-10,26H2,1-2H3,(H,27,28)(H,29,37)(H,30,36)(H,31,35)(H,33,34)(H,38,39). The highest BCUT2D eigenvalue weighted by molar-refractivity contribution is 5.95. The van der Waals surface area contributed by atoms with E-state index in [4.69, 9.17) is 5.73 Å². The van der Waals surface area contributed by atoms with Crippen LogP contribution in [0.15, 0.2) is 36.8 Å². The van der Waals surface area contributed by atoms with Crippen molar-refractivity contribution < 1.29 is 39.3 Å². The van der Waals surface area contributed by atoms with Gasteiger partial charge in [0, 0.05) is 18.3 Å². The van der Waals surface area contributed by atoms with Crippen LogP contribution in [-0.2, 0) is 36.8 Å². The molecule has 9 N–H and O–H groups in total. The molecule has 0 aliphatic heterocycles. The van der Waals surface area contributed by atoms with E-state index in [2.05, 4.69) is 25.9 Å². The van der Waals surface area contributed by atoms with E-state index in [0.717, 1.165) is 0 Å². The first kappa shape index (κ1) is 30.8. The molecule has 0 saturated carbocycles. The predicted molar refractivity (Wildman–Crippen MR) is 137 cm³/mol. The third kappa shape index (κ3) is 9.74. The second-order valence-electron chi connectivity index (χ2n) is 9.19. The molecule has 0 bridgehead atoms. The number of nitrogens with zero attached hydrogens (tertiary/aromatic N) is 1. The minimum atomic E-state index is -1.62. The van der Waals surface area contributed by atoms with Crippen molar-refractivity contribution >= 4 is 29.7 Å². The van der Waals surface area contributed by atoms with Gasteiger partial charge in [-0.3, -0.25) is 19.2 Å². The highest BCUT2D eigenvalue weighted by Gasteiger charge is 2.33. The molecule has 0 radical (unpaired) electrons. The number of aromatic hydroxyl groups is 1. The lowest BCUT2D eigenvalue weighted by molar-refractivity contribution is -0.143. The number of aliphatic carboxylic acids is 2. The van der Waals surface area contributed by atoms with Crippen molar-refractivity contribution in [1.29, 1.82) is 0 Å². The van der Waals surface area contributed by atoms with Gasteiger partial charge in [0.2, 0.25) is 17.7 Å². The Kier molecular flexibility index (Phi) is 11.4. The fraction of sp³-hybridized carbons (Fsp3) is 0.440. The summed E-state index contributed by atoms with van der Waals surface area (Å²) in [5.41, 5.74) is 7.12. The summed E-state index contributed by atoms with van der Waals surface area (Å²) < 4.78 is 0. The summed E-state index contributed by atoms with van der Waals surface area (Å²) in [6.07, 6.45) is 2.31. The Balaban J connectivity index is 2.13. The van der Waals surface area contributed by atoms with Crippen molar-refractivity contribution in [3.05, 3.63) is 48.0 Å². The van der Waals surface area contributed by atoms with Crippen LogP contribution < -0.4 is 21.7 Å². The summed E-state index contributed by atoms with van der Waals surface area (Å²) in [5, 5.41) is 35.4. The lowest BCUT2D eigenvalue weighted by Gasteiger charge is -2.27. The van der Waals surface area contributed by atoms with Crippen LogP contribution in [0.1, 0.15) is 37.9 Å². The molecule has 2 rings (SSSR count). The van der Waals surface area contributed by atoms with Crippen LogP contribution in [0.25, 0.3) is 0 Å². The molecule has 14 nitrogen and oxygen atoms in total. The molecule has 14 heteroatoms. The molecule has 1 heterocycles. The van der Waals surface area contributed by atoms with E-state index in [0.29, 0.717) is 17.7 Å². The first-order valence-corrected chi connectivity index (χ1v) is 12.3. The molecule has 2 aromatic rings. The Bertz CT molecular complexity index is 1140. The summed E-state index contributed by atoms with van der Waals surface area (Å²) >= 11 is 0. The number of H-pyrrole nitrogens is 1. The van der Waals surface area contributed by atoms with Gasteiger partial charge >= 0.3 is 11.9 Å². The average Bonchev–Trinajstić information content (AvgIpc) is 3.39. The van der Waals surface area contributed by atoms with Crippen LogP contribution in [0.3, 0.4) is 0 Å². The lowest BCUT2D eigenvalue weighted by Crippen LogP contribution is -2.59. The number of carboxylic acids is 2. The Hall–Kier alpha value is -4.46. The molecule has 5 unspecified atom stereocenters. The van der Waals surface area contributed by atoms with Crippen molar-refractivity contribution in [2.24, 2.45) is 11.7 Å². The van der Waals surface area contributed by atoms with Crippen molar-refractivity contribution in [3.8, 4) is 5.75 Å². The zero-order valence-electron chi connectivity index (χ0n) is 21.6. The summed E-state index contributed by atoms with van der Waals surface area (Å²) in [5.74, 6) is -5.63. The number of phenols is 1. The molecule has 0 aliphatic rings. The van der Waals surface area contributed by atoms with Crippen molar-refractivity contribution in [1.82, 2.24) is 25.9 Å². The molecular formula is C25H34N6O8. The van der Waals surface area contributed by atoms with E-state index in [1.54, 1.807) is 26.0 Å². The molecule has 5 atom stereocenters. The van der Waals surface area contributed by atoms with E-state index >= 15 is 0 Å². The predicted octanol–water partition coefficient (Wildman–Crippen LogP) is -0.712. The fourth-order valence-corrected chi connectivity index (χ4v) is 3.67. The third-order valence-corrected chi connectivity index (χ3v) is 6.13. The third-order valence-electron chi connectivity index (χ3n) is 6.13. The number of phenolic OH excluding ortho intramolecular Hbond substituents is 1. The van der Waals surface area contributed by atoms with E-state index in [1.165, 1.54) is 24.7 Å². The van der Waals surface area contributed by atoms with E-state index in [1.807, 2.05) is 0 Å². The quantitative estimate of drug-likeness (QED) is 0.140. The number of nitrogens with one attached hydrogen (secondary N) is 4. The number of nitrogens with two attached hydrogens (primary N) is 1. The van der Waals surface area contributed by atoms with Gasteiger partial charge < -0.3 is 42.0 Å². The van der Waals surface area contributed by atoms with Gasteiger partial charge in [0.15, 0.2) is 0 Å². The minimum Gasteiger partial charge on any atom is -0.508 e. The van der Waals surface area contributed by atoms with Crippen LogP contribution in [0.2, 0.25) is 0 Å². The fourth-order valence-electron chi connectivity index (χ4n) is 3.67. The molecular weight excluding hydrogens is 512 g/mol. The van der Waals surface area contributed by atoms with Crippen molar-refractivity contribution in [3.63, 3.8) is 0 Å². The Morgan fingerprint density at radius 3 is 2.13 bits per heavy atom. The van der Waals surface area contributed by atoms with Gasteiger partial charge in [0.1, 0.15) is 23.9 Å². The monoisotopic (exact) mass is 546 g/mol. The van der Waals surface area contributed by atoms with Gasteiger partial charge in [-0.2, -0.15) is 0 Å². The summed E-state index contributed by atoms with van der Waals surface area (Å²) in [6, 6.07) is 0.880. The SMILES string of the molecule is CCC(C)C(NC(=O)C(N)Cc1ccc(O)cc1)C(=O)NC(CC(=O)O)C(=O)NC(Cc1cnc[nH]1)C(=O)O. The number of aromatic nitrogens is 2. The van der Waals surface area contributed by atoms with Crippen LogP contribution in [0.4, 0.5) is 0 Å². The number of carbonyl (C=O) groups excluding carboxylic acids is 3. The largest absolute Gasteiger partial charge is 0.508 e. The highest BCUT2D eigenvalue weighted by atomic mass is 16.4. The minimum absolute atomic E-state index is 0.0567. The maximum absolute atomic E-state index is 13.2. The molecule has 0 spiro atoms. The zero-order chi connectivity index (χ0) is 29.1. The number of aromatic amines is 1. The van der Waals surface area contributed by atoms with E-state index in [-0.39, 0.29) is 18.6 Å². The number of benzene rings is 1. The van der Waals surface area contributed by atoms with E-state index < -0.39 is 66.2 Å². The van der Waals surface area contributed by atoms with Gasteiger partial charge in [-0.25, -0.2) is 9.78 Å². The van der Waals surface area contributed by atoms with Gasteiger partial charge in [0.25, 0.3) is 0 Å². The Morgan fingerprint density at radius 1 is 0.949 bits per heavy atom. The molecule has 0 fully saturated rings. The zero-order valence-corrected chi connectivity index (χ0v) is 21.6. The summed E-state index contributed by atoms with van der Waals surface area (Å²) in [6.45, 7) is 3.47. The molecule has 212 valence electrons. The molecule has 0 saturated heterocycles. The smallest absolute Gasteiger partial charge is 0.326 e. The van der Waals surface area contributed by atoms with Gasteiger partial charge in [-0.15, -0.1) is 0 Å². The second-order valence-corrected chi connectivity index (χ2v) is 9.19. The number of carboxylic acid groups (broad SMARTS) is 2. The number of rotatable bonds is 15. The Morgan fingerprint density at radius 2 is 1.59 bits per heavy atom. The summed E-state index contributed by atoms with van der Waals surface area (Å²) in [4.78, 5) is 68.5. The topological polar surface area (TPSA) is 237 Å². The van der Waals surface area contributed by atoms with Gasteiger partial charge in [-0.1, -0.05) is 32.4 Å². The number of hydrogen-bond acceptors (Lipinski definition) is 8.